The molecule has 0 saturated carbocycles. The molecule has 0 amide bonds. The van der Waals surface area contributed by atoms with Gasteiger partial charge in [0.2, 0.25) is 5.95 Å². The molecule has 1 atom stereocenters. The average Bonchev–Trinajstić information content (AvgIpc) is 2.39. The fraction of sp³-hybridized carbons (Fsp3) is 0.214. The van der Waals surface area contributed by atoms with Crippen LogP contribution in [-0.2, 0) is 0 Å². The van der Waals surface area contributed by atoms with Gasteiger partial charge in [-0.1, -0.05) is 12.1 Å². The summed E-state index contributed by atoms with van der Waals surface area (Å²) in [7, 11) is 0. The van der Waals surface area contributed by atoms with Gasteiger partial charge in [0.05, 0.1) is 17.7 Å². The number of benzene rings is 1. The van der Waals surface area contributed by atoms with Crippen LogP contribution in [0.25, 0.3) is 0 Å². The maximum Gasteiger partial charge on any atom is 0.223 e. The molecule has 4 heteroatoms. The summed E-state index contributed by atoms with van der Waals surface area (Å²) in [5.74, 6) is 0.602. The molecule has 0 fully saturated rings. The normalized spacial score (nSPS) is 11.6. The Labute approximate surface area is 106 Å². The van der Waals surface area contributed by atoms with Crippen molar-refractivity contribution < 1.29 is 0 Å². The number of rotatable bonds is 3. The highest BCUT2D eigenvalue weighted by Gasteiger charge is 2.07. The summed E-state index contributed by atoms with van der Waals surface area (Å²) in [6.07, 6.45) is 1.73. The lowest BCUT2D eigenvalue weighted by Gasteiger charge is -2.14. The number of nitriles is 1. The molecule has 2 aromatic rings. The third kappa shape index (κ3) is 2.83. The van der Waals surface area contributed by atoms with Crippen LogP contribution in [0.3, 0.4) is 0 Å². The molecule has 1 unspecified atom stereocenters. The van der Waals surface area contributed by atoms with Crippen LogP contribution in [-0.4, -0.2) is 9.97 Å². The van der Waals surface area contributed by atoms with E-state index in [0.717, 1.165) is 11.3 Å². The molecule has 0 bridgehead atoms. The molecule has 0 aliphatic carbocycles. The molecule has 1 heterocycles. The molecular formula is C14H14N4. The second-order valence-corrected chi connectivity index (χ2v) is 4.12. The standard InChI is InChI=1S/C14H14N4/c1-10-6-7-16-14(17-10)18-11(2)13-5-3-4-12(8-13)9-15/h3-8,11H,1-2H3,(H,16,17,18). The van der Waals surface area contributed by atoms with Crippen molar-refractivity contribution in [3.63, 3.8) is 0 Å². The van der Waals surface area contributed by atoms with Gasteiger partial charge < -0.3 is 5.32 Å². The van der Waals surface area contributed by atoms with Crippen molar-refractivity contribution in [3.8, 4) is 6.07 Å². The van der Waals surface area contributed by atoms with E-state index in [-0.39, 0.29) is 6.04 Å². The Hall–Kier alpha value is -2.41. The Morgan fingerprint density at radius 1 is 1.33 bits per heavy atom. The van der Waals surface area contributed by atoms with Crippen LogP contribution in [0.15, 0.2) is 36.5 Å². The van der Waals surface area contributed by atoms with E-state index in [9.17, 15) is 0 Å². The Kier molecular flexibility index (Phi) is 3.54. The third-order valence-corrected chi connectivity index (χ3v) is 2.66. The topological polar surface area (TPSA) is 61.6 Å². The summed E-state index contributed by atoms with van der Waals surface area (Å²) in [6.45, 7) is 3.94. The number of anilines is 1. The monoisotopic (exact) mass is 238 g/mol. The summed E-state index contributed by atoms with van der Waals surface area (Å²) < 4.78 is 0. The maximum atomic E-state index is 8.87. The molecule has 1 N–H and O–H groups in total. The van der Waals surface area contributed by atoms with Gasteiger partial charge in [0.1, 0.15) is 0 Å². The van der Waals surface area contributed by atoms with Crippen molar-refractivity contribution in [2.24, 2.45) is 0 Å². The van der Waals surface area contributed by atoms with Gasteiger partial charge in [-0.05, 0) is 37.6 Å². The van der Waals surface area contributed by atoms with Gasteiger partial charge >= 0.3 is 0 Å². The minimum absolute atomic E-state index is 0.0556. The molecule has 18 heavy (non-hydrogen) atoms. The van der Waals surface area contributed by atoms with E-state index >= 15 is 0 Å². The van der Waals surface area contributed by atoms with Crippen LogP contribution in [0.4, 0.5) is 5.95 Å². The summed E-state index contributed by atoms with van der Waals surface area (Å²) >= 11 is 0. The first kappa shape index (κ1) is 12.1. The lowest BCUT2D eigenvalue weighted by atomic mass is 10.1. The summed E-state index contributed by atoms with van der Waals surface area (Å²) in [5, 5.41) is 12.1. The molecule has 1 aromatic heterocycles. The molecule has 0 saturated heterocycles. The van der Waals surface area contributed by atoms with Crippen molar-refractivity contribution in [2.75, 3.05) is 5.32 Å². The molecule has 0 spiro atoms. The number of nitrogens with one attached hydrogen (secondary N) is 1. The largest absolute Gasteiger partial charge is 0.348 e. The van der Waals surface area contributed by atoms with Gasteiger partial charge in [-0.25, -0.2) is 9.97 Å². The number of hydrogen-bond acceptors (Lipinski definition) is 4. The smallest absolute Gasteiger partial charge is 0.223 e. The van der Waals surface area contributed by atoms with E-state index < -0.39 is 0 Å². The van der Waals surface area contributed by atoms with Gasteiger partial charge in [-0.2, -0.15) is 5.26 Å². The van der Waals surface area contributed by atoms with E-state index in [1.54, 1.807) is 12.3 Å². The fourth-order valence-corrected chi connectivity index (χ4v) is 1.67. The highest BCUT2D eigenvalue weighted by atomic mass is 15.1. The molecular weight excluding hydrogens is 224 g/mol. The second-order valence-electron chi connectivity index (χ2n) is 4.12. The van der Waals surface area contributed by atoms with Gasteiger partial charge in [0, 0.05) is 11.9 Å². The number of nitrogens with zero attached hydrogens (tertiary/aromatic N) is 3. The number of aromatic nitrogens is 2. The lowest BCUT2D eigenvalue weighted by Crippen LogP contribution is -2.09. The third-order valence-electron chi connectivity index (χ3n) is 2.66. The van der Waals surface area contributed by atoms with Crippen LogP contribution < -0.4 is 5.32 Å². The van der Waals surface area contributed by atoms with Crippen LogP contribution in [0.1, 0.15) is 29.8 Å². The molecule has 2 rings (SSSR count). The van der Waals surface area contributed by atoms with E-state index in [1.165, 1.54) is 0 Å². The van der Waals surface area contributed by atoms with E-state index in [4.69, 9.17) is 5.26 Å². The second kappa shape index (κ2) is 5.28. The van der Waals surface area contributed by atoms with Gasteiger partial charge in [0.15, 0.2) is 0 Å². The van der Waals surface area contributed by atoms with Crippen LogP contribution >= 0.6 is 0 Å². The Morgan fingerprint density at radius 2 is 2.17 bits per heavy atom. The van der Waals surface area contributed by atoms with Gasteiger partial charge in [-0.3, -0.25) is 0 Å². The zero-order valence-electron chi connectivity index (χ0n) is 10.4. The summed E-state index contributed by atoms with van der Waals surface area (Å²) in [4.78, 5) is 8.45. The first-order chi connectivity index (χ1) is 8.69. The van der Waals surface area contributed by atoms with Gasteiger partial charge in [0.25, 0.3) is 0 Å². The minimum Gasteiger partial charge on any atom is -0.348 e. The van der Waals surface area contributed by atoms with E-state index in [1.807, 2.05) is 38.1 Å². The zero-order valence-corrected chi connectivity index (χ0v) is 10.4. The molecule has 0 aliphatic rings. The van der Waals surface area contributed by atoms with E-state index in [0.29, 0.717) is 11.5 Å². The lowest BCUT2D eigenvalue weighted by molar-refractivity contribution is 0.856. The predicted molar refractivity (Wildman–Crippen MR) is 70.0 cm³/mol. The Bertz CT molecular complexity index is 586. The van der Waals surface area contributed by atoms with Crippen molar-refractivity contribution in [1.82, 2.24) is 9.97 Å². The molecule has 1 aromatic carbocycles. The Morgan fingerprint density at radius 3 is 2.89 bits per heavy atom. The quantitative estimate of drug-likeness (QED) is 0.893. The first-order valence-corrected chi connectivity index (χ1v) is 5.75. The van der Waals surface area contributed by atoms with Crippen molar-refractivity contribution >= 4 is 5.95 Å². The summed E-state index contributed by atoms with van der Waals surface area (Å²) in [5.41, 5.74) is 2.62. The molecule has 4 nitrogen and oxygen atoms in total. The number of hydrogen-bond donors (Lipinski definition) is 1. The Balaban J connectivity index is 2.17. The molecule has 0 aliphatic heterocycles. The highest BCUT2D eigenvalue weighted by Crippen LogP contribution is 2.17. The molecule has 90 valence electrons. The predicted octanol–water partition coefficient (Wildman–Crippen LogP) is 2.83. The highest BCUT2D eigenvalue weighted by molar-refractivity contribution is 5.37. The van der Waals surface area contributed by atoms with Gasteiger partial charge in [-0.15, -0.1) is 0 Å². The van der Waals surface area contributed by atoms with Crippen LogP contribution in [0.2, 0.25) is 0 Å². The maximum absolute atomic E-state index is 8.87. The molecule has 0 radical (unpaired) electrons. The van der Waals surface area contributed by atoms with Crippen molar-refractivity contribution in [2.45, 2.75) is 19.9 Å². The zero-order chi connectivity index (χ0) is 13.0. The van der Waals surface area contributed by atoms with Crippen molar-refractivity contribution in [1.29, 1.82) is 5.26 Å². The minimum atomic E-state index is 0.0556. The van der Waals surface area contributed by atoms with E-state index in [2.05, 4.69) is 21.4 Å². The van der Waals surface area contributed by atoms with Crippen LogP contribution in [0.5, 0.6) is 0 Å². The fourth-order valence-electron chi connectivity index (χ4n) is 1.67. The number of aryl methyl sites for hydroxylation is 1. The van der Waals surface area contributed by atoms with Crippen molar-refractivity contribution in [3.05, 3.63) is 53.3 Å². The average molecular weight is 238 g/mol. The first-order valence-electron chi connectivity index (χ1n) is 5.75. The summed E-state index contributed by atoms with van der Waals surface area (Å²) in [6, 6.07) is 11.6. The SMILES string of the molecule is Cc1ccnc(NC(C)c2cccc(C#N)c2)n1. The van der Waals surface area contributed by atoms with Crippen LogP contribution in [0, 0.1) is 18.3 Å².